The number of thiazole rings is 1. The zero-order valence-electron chi connectivity index (χ0n) is 7.82. The summed E-state index contributed by atoms with van der Waals surface area (Å²) in [6.45, 7) is 4.41. The highest BCUT2D eigenvalue weighted by Crippen LogP contribution is 2.16. The summed E-state index contributed by atoms with van der Waals surface area (Å²) < 4.78 is 0. The summed E-state index contributed by atoms with van der Waals surface area (Å²) in [5, 5.41) is 0. The van der Waals surface area contributed by atoms with Gasteiger partial charge in [-0.15, -0.1) is 11.3 Å². The summed E-state index contributed by atoms with van der Waals surface area (Å²) in [5.41, 5.74) is 4.03. The predicted octanol–water partition coefficient (Wildman–Crippen LogP) is 2.89. The van der Waals surface area contributed by atoms with Crippen LogP contribution in [0.2, 0.25) is 0 Å². The first-order chi connectivity index (χ1) is 6.25. The summed E-state index contributed by atoms with van der Waals surface area (Å²) in [4.78, 5) is 9.78. The average Bonchev–Trinajstić information content (AvgIpc) is 2.49. The highest BCUT2D eigenvalue weighted by Gasteiger charge is 2.02. The van der Waals surface area contributed by atoms with Crippen molar-refractivity contribution in [3.63, 3.8) is 0 Å². The molecule has 2 heterocycles. The predicted molar refractivity (Wildman–Crippen MR) is 56.0 cm³/mol. The van der Waals surface area contributed by atoms with Gasteiger partial charge in [0.1, 0.15) is 4.83 Å². The maximum atomic E-state index is 4.53. The van der Waals surface area contributed by atoms with Crippen LogP contribution >= 0.6 is 11.3 Å². The second-order valence-electron chi connectivity index (χ2n) is 3.58. The highest BCUT2D eigenvalue weighted by atomic mass is 32.1. The van der Waals surface area contributed by atoms with E-state index in [9.17, 15) is 0 Å². The molecule has 0 spiro atoms. The van der Waals surface area contributed by atoms with Gasteiger partial charge < -0.3 is 0 Å². The van der Waals surface area contributed by atoms with Gasteiger partial charge in [0.25, 0.3) is 0 Å². The fraction of sp³-hybridized carbons (Fsp3) is 0.400. The molecule has 2 aromatic rings. The SMILES string of the molecule is CC(C)Cc1ccc2ncsc2n1. The molecule has 0 saturated heterocycles. The van der Waals surface area contributed by atoms with Gasteiger partial charge in [-0.05, 0) is 24.5 Å². The third-order valence-electron chi connectivity index (χ3n) is 1.87. The van der Waals surface area contributed by atoms with Gasteiger partial charge in [0.2, 0.25) is 0 Å². The van der Waals surface area contributed by atoms with Gasteiger partial charge >= 0.3 is 0 Å². The Morgan fingerprint density at radius 2 is 2.23 bits per heavy atom. The number of aromatic nitrogens is 2. The molecular weight excluding hydrogens is 180 g/mol. The molecular formula is C10H12N2S. The minimum atomic E-state index is 0.665. The Balaban J connectivity index is 2.37. The van der Waals surface area contributed by atoms with Gasteiger partial charge in [-0.2, -0.15) is 0 Å². The van der Waals surface area contributed by atoms with Crippen molar-refractivity contribution in [2.24, 2.45) is 5.92 Å². The van der Waals surface area contributed by atoms with Crippen LogP contribution in [0, 0.1) is 5.92 Å². The van der Waals surface area contributed by atoms with Crippen LogP contribution < -0.4 is 0 Å². The maximum Gasteiger partial charge on any atom is 0.143 e. The molecule has 0 atom stereocenters. The van der Waals surface area contributed by atoms with Crippen molar-refractivity contribution in [2.45, 2.75) is 20.3 Å². The molecule has 0 saturated carbocycles. The average molecular weight is 192 g/mol. The van der Waals surface area contributed by atoms with Crippen molar-refractivity contribution in [1.82, 2.24) is 9.97 Å². The molecule has 0 aromatic carbocycles. The molecule has 0 radical (unpaired) electrons. The van der Waals surface area contributed by atoms with Crippen LogP contribution in [0.3, 0.4) is 0 Å². The van der Waals surface area contributed by atoms with Crippen LogP contribution in [0.4, 0.5) is 0 Å². The molecule has 3 heteroatoms. The summed E-state index contributed by atoms with van der Waals surface area (Å²) in [6.07, 6.45) is 1.05. The van der Waals surface area contributed by atoms with Gasteiger partial charge in [-0.1, -0.05) is 13.8 Å². The van der Waals surface area contributed by atoms with E-state index in [-0.39, 0.29) is 0 Å². The second kappa shape index (κ2) is 3.42. The monoisotopic (exact) mass is 192 g/mol. The Morgan fingerprint density at radius 3 is 3.00 bits per heavy atom. The number of nitrogens with zero attached hydrogens (tertiary/aromatic N) is 2. The lowest BCUT2D eigenvalue weighted by molar-refractivity contribution is 0.637. The largest absolute Gasteiger partial charge is 0.243 e. The minimum Gasteiger partial charge on any atom is -0.243 e. The van der Waals surface area contributed by atoms with E-state index in [4.69, 9.17) is 0 Å². The van der Waals surface area contributed by atoms with Crippen molar-refractivity contribution < 1.29 is 0 Å². The third kappa shape index (κ3) is 1.86. The summed E-state index contributed by atoms with van der Waals surface area (Å²) in [5.74, 6) is 0.665. The molecule has 0 aliphatic heterocycles. The first-order valence-corrected chi connectivity index (χ1v) is 5.33. The van der Waals surface area contributed by atoms with Gasteiger partial charge in [-0.25, -0.2) is 9.97 Å². The molecule has 0 unspecified atom stereocenters. The molecule has 2 rings (SSSR count). The number of fused-ring (bicyclic) bond motifs is 1. The van der Waals surface area contributed by atoms with E-state index in [2.05, 4.69) is 35.9 Å². The van der Waals surface area contributed by atoms with Crippen LogP contribution in [0.25, 0.3) is 10.3 Å². The molecule has 2 aromatic heterocycles. The Labute approximate surface area is 81.7 Å². The van der Waals surface area contributed by atoms with Gasteiger partial charge in [-0.3, -0.25) is 0 Å². The molecule has 0 N–H and O–H groups in total. The highest BCUT2D eigenvalue weighted by molar-refractivity contribution is 7.16. The molecule has 13 heavy (non-hydrogen) atoms. The standard InChI is InChI=1S/C10H12N2S/c1-7(2)5-8-3-4-9-10(12-8)13-6-11-9/h3-4,6-7H,5H2,1-2H3. The van der Waals surface area contributed by atoms with Crippen molar-refractivity contribution >= 4 is 21.7 Å². The van der Waals surface area contributed by atoms with E-state index in [1.165, 1.54) is 5.69 Å². The smallest absolute Gasteiger partial charge is 0.143 e. The first-order valence-electron chi connectivity index (χ1n) is 4.45. The Morgan fingerprint density at radius 1 is 1.38 bits per heavy atom. The number of pyridine rings is 1. The lowest BCUT2D eigenvalue weighted by Gasteiger charge is -2.02. The maximum absolute atomic E-state index is 4.53. The van der Waals surface area contributed by atoms with Crippen molar-refractivity contribution in [2.75, 3.05) is 0 Å². The van der Waals surface area contributed by atoms with E-state index < -0.39 is 0 Å². The zero-order valence-corrected chi connectivity index (χ0v) is 8.64. The number of hydrogen-bond acceptors (Lipinski definition) is 3. The number of rotatable bonds is 2. The molecule has 0 aliphatic rings. The molecule has 0 aliphatic carbocycles. The van der Waals surface area contributed by atoms with Crippen molar-refractivity contribution in [3.05, 3.63) is 23.3 Å². The lowest BCUT2D eigenvalue weighted by Crippen LogP contribution is -1.96. The summed E-state index contributed by atoms with van der Waals surface area (Å²) in [7, 11) is 0. The molecule has 0 bridgehead atoms. The van der Waals surface area contributed by atoms with Crippen LogP contribution in [-0.4, -0.2) is 9.97 Å². The fourth-order valence-corrected chi connectivity index (χ4v) is 2.00. The third-order valence-corrected chi connectivity index (χ3v) is 2.61. The van der Waals surface area contributed by atoms with E-state index in [1.807, 2.05) is 5.51 Å². The molecule has 68 valence electrons. The Bertz CT molecular complexity index is 406. The zero-order chi connectivity index (χ0) is 9.26. The Kier molecular flexibility index (Phi) is 2.27. The van der Waals surface area contributed by atoms with Crippen LogP contribution in [-0.2, 0) is 6.42 Å². The van der Waals surface area contributed by atoms with Crippen LogP contribution in [0.5, 0.6) is 0 Å². The molecule has 2 nitrogen and oxygen atoms in total. The first kappa shape index (κ1) is 8.63. The van der Waals surface area contributed by atoms with Crippen LogP contribution in [0.15, 0.2) is 17.6 Å². The fourth-order valence-electron chi connectivity index (χ4n) is 1.32. The van der Waals surface area contributed by atoms with E-state index in [0.29, 0.717) is 5.92 Å². The summed E-state index contributed by atoms with van der Waals surface area (Å²) >= 11 is 1.61. The normalized spacial score (nSPS) is 11.3. The van der Waals surface area contributed by atoms with E-state index in [0.717, 1.165) is 16.8 Å². The van der Waals surface area contributed by atoms with E-state index in [1.54, 1.807) is 11.3 Å². The topological polar surface area (TPSA) is 25.8 Å². The lowest BCUT2D eigenvalue weighted by atomic mass is 10.1. The van der Waals surface area contributed by atoms with Crippen molar-refractivity contribution in [3.8, 4) is 0 Å². The minimum absolute atomic E-state index is 0.665. The van der Waals surface area contributed by atoms with Crippen LogP contribution in [0.1, 0.15) is 19.5 Å². The van der Waals surface area contributed by atoms with Crippen molar-refractivity contribution in [1.29, 1.82) is 0 Å². The molecule has 0 amide bonds. The molecule has 0 fully saturated rings. The second-order valence-corrected chi connectivity index (χ2v) is 4.41. The Hall–Kier alpha value is -0.960. The van der Waals surface area contributed by atoms with Gasteiger partial charge in [0.15, 0.2) is 0 Å². The van der Waals surface area contributed by atoms with Gasteiger partial charge in [0, 0.05) is 5.69 Å². The van der Waals surface area contributed by atoms with E-state index >= 15 is 0 Å². The van der Waals surface area contributed by atoms with Gasteiger partial charge in [0.05, 0.1) is 11.0 Å². The number of hydrogen-bond donors (Lipinski definition) is 0. The quantitative estimate of drug-likeness (QED) is 0.731. The summed E-state index contributed by atoms with van der Waals surface area (Å²) in [6, 6.07) is 4.12.